The van der Waals surface area contributed by atoms with Crippen molar-refractivity contribution in [1.82, 2.24) is 15.1 Å². The minimum absolute atomic E-state index is 0.0253. The Morgan fingerprint density at radius 1 is 1.22 bits per heavy atom. The third kappa shape index (κ3) is 5.78. The van der Waals surface area contributed by atoms with Gasteiger partial charge in [-0.1, -0.05) is 27.2 Å². The van der Waals surface area contributed by atoms with Gasteiger partial charge in [-0.2, -0.15) is 0 Å². The number of nitrogens with two attached hydrogens (primary N) is 1. The maximum atomic E-state index is 13.4. The van der Waals surface area contributed by atoms with Gasteiger partial charge in [0.15, 0.2) is 0 Å². The van der Waals surface area contributed by atoms with Crippen molar-refractivity contribution in [3.63, 3.8) is 0 Å². The van der Waals surface area contributed by atoms with Crippen LogP contribution in [-0.4, -0.2) is 71.0 Å². The van der Waals surface area contributed by atoms with Crippen LogP contribution in [0.2, 0.25) is 0 Å². The van der Waals surface area contributed by atoms with Gasteiger partial charge in [-0.25, -0.2) is 0 Å². The molecule has 0 radical (unpaired) electrons. The van der Waals surface area contributed by atoms with Gasteiger partial charge in [-0.05, 0) is 69.1 Å². The maximum absolute atomic E-state index is 13.4. The molecular formula is C28H45N5O3. The fourth-order valence-corrected chi connectivity index (χ4v) is 6.32. The second-order valence-corrected chi connectivity index (χ2v) is 11.7. The molecule has 1 aliphatic heterocycles. The summed E-state index contributed by atoms with van der Waals surface area (Å²) < 4.78 is 0. The van der Waals surface area contributed by atoms with Crippen molar-refractivity contribution in [3.05, 3.63) is 11.3 Å². The molecule has 3 N–H and O–H groups in total. The third-order valence-electron chi connectivity index (χ3n) is 8.75. The molecule has 0 aromatic carbocycles. The Hall–Kier alpha value is -2.38. The number of aliphatic imine (C=N–C) groups is 1. The average molecular weight is 500 g/mol. The molecule has 3 aliphatic carbocycles. The first kappa shape index (κ1) is 26.7. The summed E-state index contributed by atoms with van der Waals surface area (Å²) in [5, 5.41) is 2.94. The summed E-state index contributed by atoms with van der Waals surface area (Å²) >= 11 is 0. The summed E-state index contributed by atoms with van der Waals surface area (Å²) in [6, 6.07) is 0.115. The molecule has 4 aliphatic rings. The third-order valence-corrected chi connectivity index (χ3v) is 8.75. The van der Waals surface area contributed by atoms with Crippen LogP contribution in [0.25, 0.3) is 0 Å². The number of likely N-dealkylation sites (tertiary alicyclic amines) is 1. The van der Waals surface area contributed by atoms with Gasteiger partial charge >= 0.3 is 0 Å². The van der Waals surface area contributed by atoms with Crippen molar-refractivity contribution < 1.29 is 14.4 Å². The molecule has 1 saturated heterocycles. The first-order valence-corrected chi connectivity index (χ1v) is 14.1. The summed E-state index contributed by atoms with van der Waals surface area (Å²) in [7, 11) is 0. The number of hydrogen-bond acceptors (Lipinski definition) is 5. The number of piperidine rings is 1. The van der Waals surface area contributed by atoms with Crippen LogP contribution in [0.3, 0.4) is 0 Å². The smallest absolute Gasteiger partial charge is 0.270 e. The van der Waals surface area contributed by atoms with Crippen molar-refractivity contribution in [2.75, 3.05) is 26.2 Å². The van der Waals surface area contributed by atoms with E-state index < -0.39 is 0 Å². The fraction of sp³-hybridized carbons (Fsp3) is 0.786. The highest BCUT2D eigenvalue weighted by atomic mass is 16.2. The lowest BCUT2D eigenvalue weighted by Gasteiger charge is -2.33. The first-order chi connectivity index (χ1) is 17.2. The zero-order chi connectivity index (χ0) is 26.0. The van der Waals surface area contributed by atoms with Gasteiger partial charge in [-0.15, -0.1) is 0 Å². The summed E-state index contributed by atoms with van der Waals surface area (Å²) in [5.41, 5.74) is 8.58. The topological polar surface area (TPSA) is 108 Å². The van der Waals surface area contributed by atoms with Crippen LogP contribution in [0.4, 0.5) is 0 Å². The molecule has 8 heteroatoms. The summed E-state index contributed by atoms with van der Waals surface area (Å²) in [6.07, 6.45) is 8.68. The molecule has 0 spiro atoms. The zero-order valence-corrected chi connectivity index (χ0v) is 22.6. The van der Waals surface area contributed by atoms with Crippen molar-refractivity contribution >= 4 is 23.4 Å². The lowest BCUT2D eigenvalue weighted by Crippen LogP contribution is -2.47. The van der Waals surface area contributed by atoms with E-state index in [0.29, 0.717) is 36.5 Å². The predicted molar refractivity (Wildman–Crippen MR) is 141 cm³/mol. The van der Waals surface area contributed by atoms with E-state index in [1.165, 1.54) is 6.92 Å². The Kier molecular flexibility index (Phi) is 8.10. The molecule has 200 valence electrons. The van der Waals surface area contributed by atoms with Gasteiger partial charge in [0.1, 0.15) is 12.2 Å². The van der Waals surface area contributed by atoms with Crippen LogP contribution in [0, 0.1) is 17.8 Å². The minimum atomic E-state index is -0.129. The molecule has 0 aromatic rings. The Morgan fingerprint density at radius 3 is 2.50 bits per heavy atom. The average Bonchev–Trinajstić information content (AvgIpc) is 3.77. The van der Waals surface area contributed by atoms with E-state index in [1.807, 2.05) is 0 Å². The van der Waals surface area contributed by atoms with Gasteiger partial charge in [-0.3, -0.25) is 19.4 Å². The Balaban J connectivity index is 1.43. The predicted octanol–water partition coefficient (Wildman–Crippen LogP) is 3.01. The Bertz CT molecular complexity index is 929. The number of rotatable bonds is 10. The molecule has 3 saturated carbocycles. The number of carbonyl (C=O) groups excluding carboxylic acids is 3. The van der Waals surface area contributed by atoms with Crippen LogP contribution < -0.4 is 11.1 Å². The number of amides is 3. The highest BCUT2D eigenvalue weighted by Crippen LogP contribution is 2.54. The second-order valence-electron chi connectivity index (χ2n) is 11.7. The largest absolute Gasteiger partial charge is 0.394 e. The number of nitrogens with zero attached hydrogens (tertiary/aromatic N) is 3. The van der Waals surface area contributed by atoms with Crippen molar-refractivity contribution in [2.24, 2.45) is 28.5 Å². The summed E-state index contributed by atoms with van der Waals surface area (Å²) in [5.74, 6) is 1.37. The maximum Gasteiger partial charge on any atom is 0.270 e. The minimum Gasteiger partial charge on any atom is -0.394 e. The number of allylic oxidation sites excluding steroid dienone is 1. The normalized spacial score (nSPS) is 27.9. The van der Waals surface area contributed by atoms with Crippen LogP contribution >= 0.6 is 0 Å². The van der Waals surface area contributed by atoms with Gasteiger partial charge < -0.3 is 20.9 Å². The monoisotopic (exact) mass is 499 g/mol. The molecule has 1 heterocycles. The molecule has 36 heavy (non-hydrogen) atoms. The van der Waals surface area contributed by atoms with E-state index in [1.54, 1.807) is 4.90 Å². The highest BCUT2D eigenvalue weighted by molar-refractivity contribution is 6.11. The molecule has 1 unspecified atom stereocenters. The van der Waals surface area contributed by atoms with Crippen LogP contribution in [-0.2, 0) is 14.4 Å². The van der Waals surface area contributed by atoms with Crippen molar-refractivity contribution in [3.8, 4) is 0 Å². The van der Waals surface area contributed by atoms with E-state index in [9.17, 15) is 14.4 Å². The number of carbonyl (C=O) groups is 3. The SMILES string of the molecule is CCCN(C(=O)CN=C1C[C@H]2C[C@H]2/C1=C(/N)C(=O)N1CCC(NC(C)=O)CC1)C1(CC(C)CC)CC1. The second kappa shape index (κ2) is 10.9. The molecule has 4 fully saturated rings. The molecule has 8 nitrogen and oxygen atoms in total. The first-order valence-electron chi connectivity index (χ1n) is 14.1. The van der Waals surface area contributed by atoms with Gasteiger partial charge in [0, 0.05) is 49.4 Å². The number of hydrogen-bond donors (Lipinski definition) is 2. The standard InChI is InChI=1S/C28H45N5O3/c1-5-11-33(28(9-10-28)16-18(3)6-2)24(35)17-30-23-15-20-14-22(20)25(23)26(29)27(36)32-12-7-21(8-13-32)31-19(4)34/h18,20-22H,5-17,29H2,1-4H3,(H,31,34)/b26-25-,30-23?/t18?,20-,22-/m1/s1. The lowest BCUT2D eigenvalue weighted by molar-refractivity contribution is -0.133. The molecule has 0 aromatic heterocycles. The zero-order valence-electron chi connectivity index (χ0n) is 22.6. The molecule has 3 amide bonds. The summed E-state index contributed by atoms with van der Waals surface area (Å²) in [4.78, 5) is 46.7. The molecular weight excluding hydrogens is 454 g/mol. The molecule has 3 atom stereocenters. The van der Waals surface area contributed by atoms with Crippen LogP contribution in [0.5, 0.6) is 0 Å². The van der Waals surface area contributed by atoms with E-state index in [2.05, 4.69) is 31.0 Å². The number of nitrogens with one attached hydrogen (secondary N) is 1. The lowest BCUT2D eigenvalue weighted by atomic mass is 9.96. The van der Waals surface area contributed by atoms with Crippen LogP contribution in [0.15, 0.2) is 16.3 Å². The fourth-order valence-electron chi connectivity index (χ4n) is 6.32. The van der Waals surface area contributed by atoms with Crippen LogP contribution in [0.1, 0.15) is 85.5 Å². The molecule has 0 bridgehead atoms. The van der Waals surface area contributed by atoms with Gasteiger partial charge in [0.25, 0.3) is 5.91 Å². The highest BCUT2D eigenvalue weighted by Gasteiger charge is 2.51. The molecule has 4 rings (SSSR count). The quantitative estimate of drug-likeness (QED) is 0.451. The van der Waals surface area contributed by atoms with Gasteiger partial charge in [0.2, 0.25) is 11.8 Å². The van der Waals surface area contributed by atoms with E-state index >= 15 is 0 Å². The van der Waals surface area contributed by atoms with Gasteiger partial charge in [0.05, 0.1) is 0 Å². The Labute approximate surface area is 216 Å². The van der Waals surface area contributed by atoms with E-state index in [0.717, 1.165) is 75.6 Å². The Morgan fingerprint density at radius 2 is 1.92 bits per heavy atom. The van der Waals surface area contributed by atoms with Crippen molar-refractivity contribution in [2.45, 2.75) is 97.1 Å². The number of fused-ring (bicyclic) bond motifs is 1. The van der Waals surface area contributed by atoms with E-state index in [4.69, 9.17) is 10.7 Å². The van der Waals surface area contributed by atoms with Crippen molar-refractivity contribution in [1.29, 1.82) is 0 Å². The summed E-state index contributed by atoms with van der Waals surface area (Å²) in [6.45, 7) is 10.2. The van der Waals surface area contributed by atoms with E-state index in [-0.39, 0.29) is 35.8 Å².